The molecule has 0 bridgehead atoms. The molecule has 118 valence electrons. The van der Waals surface area contributed by atoms with Crippen LogP contribution < -0.4 is 0 Å². The van der Waals surface area contributed by atoms with Crippen molar-refractivity contribution < 1.29 is 0 Å². The molecule has 24 heavy (non-hydrogen) atoms. The fourth-order valence-electron chi connectivity index (χ4n) is 5.15. The largest absolute Gasteiger partial charge is 0.0619 e. The van der Waals surface area contributed by atoms with Crippen LogP contribution in [0.25, 0.3) is 22.3 Å². The first-order valence-electron chi connectivity index (χ1n) is 8.82. The Balaban J connectivity index is 1.93. The molecule has 5 rings (SSSR count). The van der Waals surface area contributed by atoms with Gasteiger partial charge in [-0.25, -0.2) is 0 Å². The summed E-state index contributed by atoms with van der Waals surface area (Å²) in [6, 6.07) is 22.5. The lowest BCUT2D eigenvalue weighted by Gasteiger charge is -2.30. The molecule has 0 atom stereocenters. The predicted molar refractivity (Wildman–Crippen MR) is 102 cm³/mol. The van der Waals surface area contributed by atoms with Gasteiger partial charge in [0.1, 0.15) is 0 Å². The zero-order chi connectivity index (χ0) is 16.7. The van der Waals surface area contributed by atoms with Crippen LogP contribution in [0.4, 0.5) is 0 Å². The van der Waals surface area contributed by atoms with E-state index in [2.05, 4.69) is 88.4 Å². The summed E-state index contributed by atoms with van der Waals surface area (Å²) in [6.07, 6.45) is 0. The quantitative estimate of drug-likeness (QED) is 0.457. The van der Waals surface area contributed by atoms with Gasteiger partial charge in [0.05, 0.1) is 0 Å². The average molecular weight is 310 g/mol. The summed E-state index contributed by atoms with van der Waals surface area (Å²) in [5.74, 6) is 0. The second-order valence-electron chi connectivity index (χ2n) is 8.25. The number of hydrogen-bond donors (Lipinski definition) is 0. The molecule has 0 heterocycles. The lowest BCUT2D eigenvalue weighted by atomic mass is 9.72. The van der Waals surface area contributed by atoms with E-state index in [1.807, 2.05) is 0 Å². The first-order chi connectivity index (χ1) is 11.4. The second kappa shape index (κ2) is 4.19. The highest BCUT2D eigenvalue weighted by Crippen LogP contribution is 2.58. The standard InChI is InChI=1S/C24H22/c1-23(2)19-11-7-5-9-15(19)17-13-14-18-16-10-6-8-12-20(16)24(3,4)22(18)21(17)23/h5-14H,1-4H3. The third kappa shape index (κ3) is 1.45. The lowest BCUT2D eigenvalue weighted by molar-refractivity contribution is 0.601. The van der Waals surface area contributed by atoms with Crippen LogP contribution in [0.15, 0.2) is 60.7 Å². The summed E-state index contributed by atoms with van der Waals surface area (Å²) in [5.41, 5.74) is 11.8. The van der Waals surface area contributed by atoms with Crippen LogP contribution >= 0.6 is 0 Å². The fourth-order valence-corrected chi connectivity index (χ4v) is 5.15. The third-order valence-electron chi connectivity index (χ3n) is 6.24. The summed E-state index contributed by atoms with van der Waals surface area (Å²) in [7, 11) is 0. The maximum absolute atomic E-state index is 2.39. The molecule has 0 N–H and O–H groups in total. The SMILES string of the molecule is CC1(C)c2ccccc2-c2ccc3c(c21)C(C)(C)c1ccccc1-3. The van der Waals surface area contributed by atoms with Crippen LogP contribution in [0.1, 0.15) is 49.9 Å². The maximum Gasteiger partial charge on any atom is 0.0162 e. The minimum absolute atomic E-state index is 0.0522. The highest BCUT2D eigenvalue weighted by Gasteiger charge is 2.45. The van der Waals surface area contributed by atoms with Crippen molar-refractivity contribution in [1.29, 1.82) is 0 Å². The van der Waals surface area contributed by atoms with Crippen molar-refractivity contribution in [1.82, 2.24) is 0 Å². The number of hydrogen-bond acceptors (Lipinski definition) is 0. The van der Waals surface area contributed by atoms with E-state index in [1.54, 1.807) is 0 Å². The topological polar surface area (TPSA) is 0 Å². The molecule has 0 fully saturated rings. The van der Waals surface area contributed by atoms with E-state index in [4.69, 9.17) is 0 Å². The van der Waals surface area contributed by atoms with Gasteiger partial charge in [0.2, 0.25) is 0 Å². The van der Waals surface area contributed by atoms with E-state index in [0.29, 0.717) is 0 Å². The van der Waals surface area contributed by atoms with Crippen LogP contribution in [-0.2, 0) is 10.8 Å². The van der Waals surface area contributed by atoms with E-state index in [1.165, 1.54) is 44.5 Å². The van der Waals surface area contributed by atoms with Gasteiger partial charge in [-0.2, -0.15) is 0 Å². The van der Waals surface area contributed by atoms with Gasteiger partial charge in [0.15, 0.2) is 0 Å². The van der Waals surface area contributed by atoms with Gasteiger partial charge in [-0.3, -0.25) is 0 Å². The van der Waals surface area contributed by atoms with Crippen molar-refractivity contribution in [3.05, 3.63) is 82.9 Å². The van der Waals surface area contributed by atoms with Gasteiger partial charge in [0, 0.05) is 10.8 Å². The Hall–Kier alpha value is -2.34. The molecule has 0 saturated heterocycles. The zero-order valence-corrected chi connectivity index (χ0v) is 14.8. The predicted octanol–water partition coefficient (Wildman–Crippen LogP) is 6.30. The molecule has 0 nitrogen and oxygen atoms in total. The summed E-state index contributed by atoms with van der Waals surface area (Å²) in [6.45, 7) is 9.54. The molecule has 0 unspecified atom stereocenters. The lowest BCUT2D eigenvalue weighted by Crippen LogP contribution is -2.24. The third-order valence-corrected chi connectivity index (χ3v) is 6.24. The smallest absolute Gasteiger partial charge is 0.0162 e. The molecule has 0 aliphatic heterocycles. The zero-order valence-electron chi connectivity index (χ0n) is 14.8. The highest BCUT2D eigenvalue weighted by molar-refractivity contribution is 5.91. The fraction of sp³-hybridized carbons (Fsp3) is 0.250. The normalized spacial score (nSPS) is 17.8. The molecule has 0 heteroatoms. The molecule has 0 saturated carbocycles. The summed E-state index contributed by atoms with van der Waals surface area (Å²) in [5, 5.41) is 0. The van der Waals surface area contributed by atoms with Crippen LogP contribution in [0.3, 0.4) is 0 Å². The molecule has 2 aliphatic rings. The van der Waals surface area contributed by atoms with Crippen LogP contribution in [0.2, 0.25) is 0 Å². The molecular formula is C24H22. The summed E-state index contributed by atoms with van der Waals surface area (Å²) >= 11 is 0. The van der Waals surface area contributed by atoms with Gasteiger partial charge >= 0.3 is 0 Å². The Kier molecular flexibility index (Phi) is 2.45. The van der Waals surface area contributed by atoms with Gasteiger partial charge in [0.25, 0.3) is 0 Å². The van der Waals surface area contributed by atoms with Gasteiger partial charge in [-0.15, -0.1) is 0 Å². The highest BCUT2D eigenvalue weighted by atomic mass is 14.5. The van der Waals surface area contributed by atoms with Crippen molar-refractivity contribution in [3.63, 3.8) is 0 Å². The Morgan fingerprint density at radius 3 is 1.25 bits per heavy atom. The molecule has 3 aromatic carbocycles. The molecule has 0 aromatic heterocycles. The average Bonchev–Trinajstić information content (AvgIpc) is 2.96. The first-order valence-corrected chi connectivity index (χ1v) is 8.82. The van der Waals surface area contributed by atoms with Crippen molar-refractivity contribution >= 4 is 0 Å². The monoisotopic (exact) mass is 310 g/mol. The van der Waals surface area contributed by atoms with Crippen LogP contribution in [0.5, 0.6) is 0 Å². The number of fused-ring (bicyclic) bond motifs is 7. The summed E-state index contributed by atoms with van der Waals surface area (Å²) in [4.78, 5) is 0. The number of rotatable bonds is 0. The Morgan fingerprint density at radius 1 is 0.458 bits per heavy atom. The molecule has 3 aromatic rings. The van der Waals surface area contributed by atoms with Crippen molar-refractivity contribution in [2.45, 2.75) is 38.5 Å². The summed E-state index contributed by atoms with van der Waals surface area (Å²) < 4.78 is 0. The van der Waals surface area contributed by atoms with Gasteiger partial charge in [-0.1, -0.05) is 88.4 Å². The van der Waals surface area contributed by atoms with Gasteiger partial charge in [-0.05, 0) is 44.5 Å². The van der Waals surface area contributed by atoms with Crippen molar-refractivity contribution in [3.8, 4) is 22.3 Å². The van der Waals surface area contributed by atoms with Crippen molar-refractivity contribution in [2.24, 2.45) is 0 Å². The van der Waals surface area contributed by atoms with Gasteiger partial charge < -0.3 is 0 Å². The number of benzene rings is 3. The minimum Gasteiger partial charge on any atom is -0.0619 e. The Bertz CT molecular complexity index is 920. The Labute approximate surface area is 144 Å². The molecule has 2 aliphatic carbocycles. The van der Waals surface area contributed by atoms with E-state index >= 15 is 0 Å². The van der Waals surface area contributed by atoms with E-state index in [-0.39, 0.29) is 10.8 Å². The molecule has 0 amide bonds. The van der Waals surface area contributed by atoms with E-state index in [0.717, 1.165) is 0 Å². The van der Waals surface area contributed by atoms with Crippen molar-refractivity contribution in [2.75, 3.05) is 0 Å². The van der Waals surface area contributed by atoms with Crippen LogP contribution in [-0.4, -0.2) is 0 Å². The molecule has 0 spiro atoms. The van der Waals surface area contributed by atoms with E-state index < -0.39 is 0 Å². The van der Waals surface area contributed by atoms with Crippen LogP contribution in [0, 0.1) is 0 Å². The molecular weight excluding hydrogens is 288 g/mol. The minimum atomic E-state index is 0.0522. The second-order valence-corrected chi connectivity index (χ2v) is 8.25. The maximum atomic E-state index is 2.39. The van der Waals surface area contributed by atoms with E-state index in [9.17, 15) is 0 Å². The Morgan fingerprint density at radius 2 is 0.833 bits per heavy atom. The first kappa shape index (κ1) is 14.0. The molecule has 0 radical (unpaired) electrons.